The Morgan fingerprint density at radius 3 is 2.82 bits per heavy atom. The van der Waals surface area contributed by atoms with E-state index in [-0.39, 0.29) is 11.7 Å². The maximum absolute atomic E-state index is 10.8. The Morgan fingerprint density at radius 2 is 2.18 bits per heavy atom. The molecule has 112 valence electrons. The van der Waals surface area contributed by atoms with Gasteiger partial charge in [0.1, 0.15) is 15.7 Å². The minimum atomic E-state index is -0.366. The van der Waals surface area contributed by atoms with Crippen molar-refractivity contribution in [2.45, 2.75) is 11.9 Å². The van der Waals surface area contributed by atoms with Gasteiger partial charge in [0.05, 0.1) is 21.2 Å². The molecule has 1 amide bonds. The summed E-state index contributed by atoms with van der Waals surface area (Å²) in [5.41, 5.74) is 6.85. The Balaban J connectivity index is 1.83. The largest absolute Gasteiger partial charge is 0.369 e. The van der Waals surface area contributed by atoms with Gasteiger partial charge < -0.3 is 5.73 Å². The summed E-state index contributed by atoms with van der Waals surface area (Å²) in [7, 11) is 0. The molecule has 0 spiro atoms. The van der Waals surface area contributed by atoms with Crippen LogP contribution in [0.1, 0.15) is 5.69 Å². The van der Waals surface area contributed by atoms with E-state index in [0.29, 0.717) is 5.03 Å². The Kier molecular flexibility index (Phi) is 4.51. The third kappa shape index (κ3) is 3.34. The number of carbonyl (C=O) groups excluding carboxylic acids is 1. The van der Waals surface area contributed by atoms with Crippen molar-refractivity contribution in [3.8, 4) is 20.5 Å². The second kappa shape index (κ2) is 6.55. The van der Waals surface area contributed by atoms with Crippen molar-refractivity contribution in [1.82, 2.24) is 15.2 Å². The van der Waals surface area contributed by atoms with Crippen LogP contribution < -0.4 is 5.73 Å². The first-order chi connectivity index (χ1) is 10.6. The highest BCUT2D eigenvalue weighted by Gasteiger charge is 2.13. The van der Waals surface area contributed by atoms with Gasteiger partial charge in [0.25, 0.3) is 0 Å². The molecule has 0 fully saturated rings. The van der Waals surface area contributed by atoms with Crippen molar-refractivity contribution in [2.24, 2.45) is 5.73 Å². The van der Waals surface area contributed by atoms with Crippen LogP contribution in [0.2, 0.25) is 0 Å². The number of carbonyl (C=O) groups is 1. The van der Waals surface area contributed by atoms with Gasteiger partial charge in [-0.1, -0.05) is 17.8 Å². The maximum atomic E-state index is 10.8. The topological polar surface area (TPSA) is 81.8 Å². The first-order valence-corrected chi connectivity index (χ1v) is 9.08. The van der Waals surface area contributed by atoms with Crippen molar-refractivity contribution in [3.05, 3.63) is 35.3 Å². The predicted octanol–water partition coefficient (Wildman–Crippen LogP) is 3.21. The van der Waals surface area contributed by atoms with E-state index in [2.05, 4.69) is 21.2 Å². The second-order valence-corrected chi connectivity index (χ2v) is 7.37. The van der Waals surface area contributed by atoms with Gasteiger partial charge in [-0.05, 0) is 30.5 Å². The summed E-state index contributed by atoms with van der Waals surface area (Å²) in [6.07, 6.45) is 0. The zero-order valence-corrected chi connectivity index (χ0v) is 14.1. The van der Waals surface area contributed by atoms with Gasteiger partial charge in [0.2, 0.25) is 5.91 Å². The highest BCUT2D eigenvalue weighted by molar-refractivity contribution is 7.99. The van der Waals surface area contributed by atoms with E-state index < -0.39 is 0 Å². The summed E-state index contributed by atoms with van der Waals surface area (Å²) in [5.74, 6) is -0.161. The van der Waals surface area contributed by atoms with E-state index in [1.54, 1.807) is 22.7 Å². The average molecular weight is 348 g/mol. The van der Waals surface area contributed by atoms with Crippen molar-refractivity contribution in [3.63, 3.8) is 0 Å². The van der Waals surface area contributed by atoms with Crippen LogP contribution in [-0.4, -0.2) is 26.8 Å². The fraction of sp³-hybridized carbons (Fsp3) is 0.143. The molecular weight excluding hydrogens is 336 g/mol. The number of thiazole rings is 1. The van der Waals surface area contributed by atoms with E-state index in [1.165, 1.54) is 11.8 Å². The van der Waals surface area contributed by atoms with E-state index in [0.717, 1.165) is 26.1 Å². The number of thiophene rings is 1. The van der Waals surface area contributed by atoms with Crippen LogP contribution in [0.3, 0.4) is 0 Å². The lowest BCUT2D eigenvalue weighted by Gasteiger charge is -1.99. The number of nitrogens with zero attached hydrogens (tertiary/aromatic N) is 3. The molecule has 22 heavy (non-hydrogen) atoms. The van der Waals surface area contributed by atoms with Crippen molar-refractivity contribution < 1.29 is 4.79 Å². The molecule has 0 atom stereocenters. The molecule has 8 heteroatoms. The van der Waals surface area contributed by atoms with E-state index in [4.69, 9.17) is 5.73 Å². The van der Waals surface area contributed by atoms with Gasteiger partial charge in [0, 0.05) is 0 Å². The molecule has 0 aromatic carbocycles. The molecule has 3 aromatic heterocycles. The predicted molar refractivity (Wildman–Crippen MR) is 91.1 cm³/mol. The third-order valence-corrected chi connectivity index (χ3v) is 5.92. The van der Waals surface area contributed by atoms with Crippen LogP contribution in [-0.2, 0) is 4.79 Å². The van der Waals surface area contributed by atoms with Crippen molar-refractivity contribution >= 4 is 40.3 Å². The highest BCUT2D eigenvalue weighted by atomic mass is 32.2. The number of hydrogen-bond acceptors (Lipinski definition) is 7. The lowest BCUT2D eigenvalue weighted by molar-refractivity contribution is -0.115. The van der Waals surface area contributed by atoms with Crippen LogP contribution in [0.5, 0.6) is 0 Å². The van der Waals surface area contributed by atoms with Crippen molar-refractivity contribution in [1.29, 1.82) is 0 Å². The molecule has 3 rings (SSSR count). The minimum Gasteiger partial charge on any atom is -0.369 e. The summed E-state index contributed by atoms with van der Waals surface area (Å²) in [6.45, 7) is 1.97. The van der Waals surface area contributed by atoms with Gasteiger partial charge in [-0.15, -0.1) is 32.9 Å². The number of amides is 1. The summed E-state index contributed by atoms with van der Waals surface area (Å²) >= 11 is 4.56. The number of aryl methyl sites for hydroxylation is 1. The lowest BCUT2D eigenvalue weighted by atomic mass is 10.3. The Labute approximate surface area is 139 Å². The first-order valence-electron chi connectivity index (χ1n) is 6.40. The fourth-order valence-electron chi connectivity index (χ4n) is 1.80. The second-order valence-electron chi connectivity index (χ2n) is 4.42. The number of primary amides is 1. The molecule has 3 aromatic rings. The molecule has 0 saturated carbocycles. The standard InChI is InChI=1S/C14H12N4OS3/c1-8-13(22-14(16-8)10-3-2-6-20-10)9-4-5-12(18-17-9)21-7-11(15)19/h2-6H,7H2,1H3,(H2,15,19). The zero-order valence-electron chi connectivity index (χ0n) is 11.6. The summed E-state index contributed by atoms with van der Waals surface area (Å²) in [4.78, 5) is 17.5. The van der Waals surface area contributed by atoms with Crippen LogP contribution in [0.4, 0.5) is 0 Å². The quantitative estimate of drug-likeness (QED) is 0.716. The fourth-order valence-corrected chi connectivity index (χ4v) is 4.18. The third-order valence-electron chi connectivity index (χ3n) is 2.76. The number of aromatic nitrogens is 3. The SMILES string of the molecule is Cc1nc(-c2cccs2)sc1-c1ccc(SCC(N)=O)nn1. The lowest BCUT2D eigenvalue weighted by Crippen LogP contribution is -2.13. The van der Waals surface area contributed by atoms with Gasteiger partial charge in [0.15, 0.2) is 0 Å². The number of nitrogens with two attached hydrogens (primary N) is 1. The molecule has 0 bridgehead atoms. The van der Waals surface area contributed by atoms with Gasteiger partial charge in [-0.2, -0.15) is 0 Å². The molecular formula is C14H12N4OS3. The van der Waals surface area contributed by atoms with Crippen LogP contribution in [0.25, 0.3) is 20.5 Å². The molecule has 0 unspecified atom stereocenters. The minimum absolute atomic E-state index is 0.205. The maximum Gasteiger partial charge on any atom is 0.227 e. The normalized spacial score (nSPS) is 10.8. The summed E-state index contributed by atoms with van der Waals surface area (Å²) in [6, 6.07) is 7.82. The first kappa shape index (κ1) is 15.1. The van der Waals surface area contributed by atoms with E-state index in [9.17, 15) is 4.79 Å². The summed E-state index contributed by atoms with van der Waals surface area (Å²) < 4.78 is 0. The zero-order chi connectivity index (χ0) is 15.5. The molecule has 0 aliphatic heterocycles. The number of rotatable bonds is 5. The number of thioether (sulfide) groups is 1. The number of hydrogen-bond donors (Lipinski definition) is 1. The molecule has 0 aliphatic rings. The van der Waals surface area contributed by atoms with Crippen LogP contribution >= 0.6 is 34.4 Å². The molecule has 0 saturated heterocycles. The van der Waals surface area contributed by atoms with Crippen LogP contribution in [0, 0.1) is 6.92 Å². The Morgan fingerprint density at radius 1 is 1.32 bits per heavy atom. The molecule has 0 radical (unpaired) electrons. The highest BCUT2D eigenvalue weighted by Crippen LogP contribution is 2.36. The molecule has 5 nitrogen and oxygen atoms in total. The Hall–Kier alpha value is -1.77. The van der Waals surface area contributed by atoms with Crippen molar-refractivity contribution in [2.75, 3.05) is 5.75 Å². The summed E-state index contributed by atoms with van der Waals surface area (Å²) in [5, 5.41) is 12.1. The van der Waals surface area contributed by atoms with Gasteiger partial charge in [-0.3, -0.25) is 4.79 Å². The van der Waals surface area contributed by atoms with E-state index >= 15 is 0 Å². The van der Waals surface area contributed by atoms with Gasteiger partial charge in [-0.25, -0.2) is 4.98 Å². The molecule has 2 N–H and O–H groups in total. The van der Waals surface area contributed by atoms with Gasteiger partial charge >= 0.3 is 0 Å². The monoisotopic (exact) mass is 348 g/mol. The smallest absolute Gasteiger partial charge is 0.227 e. The molecule has 3 heterocycles. The van der Waals surface area contributed by atoms with Crippen LogP contribution in [0.15, 0.2) is 34.7 Å². The average Bonchev–Trinajstić information content (AvgIpc) is 3.15. The van der Waals surface area contributed by atoms with E-state index in [1.807, 2.05) is 30.5 Å². The molecule has 0 aliphatic carbocycles. The Bertz CT molecular complexity index is 781.